The predicted octanol–water partition coefficient (Wildman–Crippen LogP) is 4.91. The fraction of sp³-hybridized carbons (Fsp3) is 0.217. The van der Waals surface area contributed by atoms with E-state index in [-0.39, 0.29) is 47.5 Å². The van der Waals surface area contributed by atoms with Crippen LogP contribution in [0.3, 0.4) is 0 Å². The van der Waals surface area contributed by atoms with Gasteiger partial charge in [0.05, 0.1) is 39.9 Å². The van der Waals surface area contributed by atoms with Crippen LogP contribution in [-0.2, 0) is 31.0 Å². The molecule has 0 amide bonds. The molecule has 0 aliphatic carbocycles. The maximum atomic E-state index is 13.6. The van der Waals surface area contributed by atoms with Gasteiger partial charge in [0, 0.05) is 18.1 Å². The number of hydrogen-bond donors (Lipinski definition) is 0. The van der Waals surface area contributed by atoms with Gasteiger partial charge in [-0.3, -0.25) is 0 Å². The van der Waals surface area contributed by atoms with E-state index in [1.54, 1.807) is 0 Å². The lowest BCUT2D eigenvalue weighted by Gasteiger charge is -2.27. The first-order chi connectivity index (χ1) is 16.9. The minimum absolute atomic E-state index is 0.0314. The van der Waals surface area contributed by atoms with Gasteiger partial charge in [-0.05, 0) is 72.8 Å². The molecule has 1 aliphatic rings. The molecule has 192 valence electrons. The largest absolute Gasteiger partial charge is 0.416 e. The lowest BCUT2D eigenvalue weighted by Crippen LogP contribution is -2.40. The Labute approximate surface area is 211 Å². The smallest absolute Gasteiger partial charge is 0.379 e. The molecule has 13 heteroatoms. The summed E-state index contributed by atoms with van der Waals surface area (Å²) in [5.41, 5.74) is -0.751. The maximum Gasteiger partial charge on any atom is 0.416 e. The number of halogens is 4. The summed E-state index contributed by atoms with van der Waals surface area (Å²) in [6.45, 7) is 0.937. The molecule has 4 rings (SSSR count). The van der Waals surface area contributed by atoms with Crippen LogP contribution in [0.2, 0.25) is 5.02 Å². The molecular formula is C23H20ClF3N2O5S2. The van der Waals surface area contributed by atoms with Crippen LogP contribution in [0.4, 0.5) is 24.5 Å². The highest BCUT2D eigenvalue weighted by atomic mass is 35.5. The first-order valence-electron chi connectivity index (χ1n) is 10.6. The van der Waals surface area contributed by atoms with Crippen molar-refractivity contribution in [1.82, 2.24) is 4.31 Å². The molecule has 7 nitrogen and oxygen atoms in total. The van der Waals surface area contributed by atoms with Crippen molar-refractivity contribution in [2.75, 3.05) is 30.6 Å². The van der Waals surface area contributed by atoms with Crippen molar-refractivity contribution < 1.29 is 34.7 Å². The minimum Gasteiger partial charge on any atom is -0.379 e. The Kier molecular flexibility index (Phi) is 7.35. The van der Waals surface area contributed by atoms with Crippen molar-refractivity contribution in [3.05, 3.63) is 83.4 Å². The van der Waals surface area contributed by atoms with Crippen molar-refractivity contribution in [3.8, 4) is 0 Å². The quantitative estimate of drug-likeness (QED) is 0.428. The highest BCUT2D eigenvalue weighted by molar-refractivity contribution is 7.93. The van der Waals surface area contributed by atoms with E-state index in [0.717, 1.165) is 16.4 Å². The van der Waals surface area contributed by atoms with Gasteiger partial charge >= 0.3 is 6.18 Å². The van der Waals surface area contributed by atoms with Crippen molar-refractivity contribution >= 4 is 43.0 Å². The normalized spacial score (nSPS) is 15.6. The summed E-state index contributed by atoms with van der Waals surface area (Å²) in [7, 11) is -8.22. The van der Waals surface area contributed by atoms with Gasteiger partial charge in [-0.25, -0.2) is 21.1 Å². The number of rotatable bonds is 6. The molecule has 1 fully saturated rings. The average Bonchev–Trinajstić information content (AvgIpc) is 2.86. The van der Waals surface area contributed by atoms with Gasteiger partial charge in [-0.15, -0.1) is 0 Å². The first kappa shape index (κ1) is 26.4. The van der Waals surface area contributed by atoms with Gasteiger partial charge < -0.3 is 4.74 Å². The molecule has 1 aliphatic heterocycles. The number of morpholine rings is 1. The van der Waals surface area contributed by atoms with Crippen LogP contribution in [0.5, 0.6) is 0 Å². The maximum absolute atomic E-state index is 13.6. The van der Waals surface area contributed by atoms with E-state index < -0.39 is 31.8 Å². The zero-order chi connectivity index (χ0) is 26.1. The van der Waals surface area contributed by atoms with E-state index in [4.69, 9.17) is 16.3 Å². The molecule has 0 spiro atoms. The highest BCUT2D eigenvalue weighted by Crippen LogP contribution is 2.35. The number of nitrogens with zero attached hydrogens (tertiary/aromatic N) is 2. The Morgan fingerprint density at radius 3 is 1.72 bits per heavy atom. The third-order valence-corrected chi connectivity index (χ3v) is 9.40. The van der Waals surface area contributed by atoms with Crippen molar-refractivity contribution in [2.24, 2.45) is 0 Å². The SMILES string of the molecule is O=S(=O)(c1ccc(N(c2ccc(Cl)cc2)S(=O)(=O)c2ccc(C(F)(F)F)cc2)cc1)N1CCOCC1. The summed E-state index contributed by atoms with van der Waals surface area (Å²) >= 11 is 5.94. The Morgan fingerprint density at radius 2 is 1.22 bits per heavy atom. The van der Waals surface area contributed by atoms with Gasteiger partial charge in [0.15, 0.2) is 0 Å². The molecule has 3 aromatic carbocycles. The summed E-state index contributed by atoms with van der Waals surface area (Å²) in [6, 6.07) is 14.1. The summed E-state index contributed by atoms with van der Waals surface area (Å²) in [5.74, 6) is 0. The molecular weight excluding hydrogens is 541 g/mol. The zero-order valence-electron chi connectivity index (χ0n) is 18.5. The van der Waals surface area contributed by atoms with Crippen molar-refractivity contribution in [1.29, 1.82) is 0 Å². The second-order valence-corrected chi connectivity index (χ2v) is 11.9. The van der Waals surface area contributed by atoms with Gasteiger partial charge in [0.1, 0.15) is 0 Å². The number of alkyl halides is 3. The van der Waals surface area contributed by atoms with Crippen LogP contribution in [0.25, 0.3) is 0 Å². The number of anilines is 2. The molecule has 0 radical (unpaired) electrons. The van der Waals surface area contributed by atoms with Crippen LogP contribution in [-0.4, -0.2) is 47.4 Å². The lowest BCUT2D eigenvalue weighted by molar-refractivity contribution is -0.137. The van der Waals surface area contributed by atoms with Gasteiger partial charge in [0.2, 0.25) is 10.0 Å². The number of hydrogen-bond acceptors (Lipinski definition) is 5. The number of benzene rings is 3. The van der Waals surface area contributed by atoms with E-state index in [1.807, 2.05) is 0 Å². The molecule has 1 heterocycles. The molecule has 1 saturated heterocycles. The second-order valence-electron chi connectivity index (χ2n) is 7.78. The van der Waals surface area contributed by atoms with Gasteiger partial charge in [-0.1, -0.05) is 11.6 Å². The fourth-order valence-corrected chi connectivity index (χ4v) is 6.64. The monoisotopic (exact) mass is 560 g/mol. The van der Waals surface area contributed by atoms with E-state index in [2.05, 4.69) is 0 Å². The molecule has 0 aromatic heterocycles. The van der Waals surface area contributed by atoms with E-state index in [1.165, 1.54) is 52.8 Å². The molecule has 36 heavy (non-hydrogen) atoms. The molecule has 0 unspecified atom stereocenters. The second kappa shape index (κ2) is 10.0. The van der Waals surface area contributed by atoms with Crippen LogP contribution in [0.15, 0.2) is 82.6 Å². The fourth-order valence-electron chi connectivity index (χ4n) is 3.61. The average molecular weight is 561 g/mol. The van der Waals surface area contributed by atoms with Crippen LogP contribution < -0.4 is 4.31 Å². The first-order valence-corrected chi connectivity index (χ1v) is 13.8. The Bertz CT molecular complexity index is 1420. The summed E-state index contributed by atoms with van der Waals surface area (Å²) in [4.78, 5) is -0.411. The summed E-state index contributed by atoms with van der Waals surface area (Å²) in [5, 5.41) is 0.345. The topological polar surface area (TPSA) is 84.0 Å². The van der Waals surface area contributed by atoms with E-state index in [9.17, 15) is 30.0 Å². The molecule has 0 bridgehead atoms. The number of sulfonamides is 2. The third kappa shape index (κ3) is 5.37. The molecule has 0 N–H and O–H groups in total. The van der Waals surface area contributed by atoms with Gasteiger partial charge in [0.25, 0.3) is 10.0 Å². The predicted molar refractivity (Wildman–Crippen MR) is 128 cm³/mol. The van der Waals surface area contributed by atoms with Crippen molar-refractivity contribution in [2.45, 2.75) is 16.0 Å². The Morgan fingerprint density at radius 1 is 0.750 bits per heavy atom. The summed E-state index contributed by atoms with van der Waals surface area (Å²) < 4.78 is 99.4. The van der Waals surface area contributed by atoms with E-state index in [0.29, 0.717) is 17.2 Å². The lowest BCUT2D eigenvalue weighted by atomic mass is 10.2. The standard InChI is InChI=1S/C23H20ClF3N2O5S2/c24-18-3-5-19(6-4-18)29(36(32,33)22-9-1-17(2-10-22)23(25,26)27)20-7-11-21(12-8-20)35(30,31)28-13-15-34-16-14-28/h1-12H,13-16H2. The van der Waals surface area contributed by atoms with Crippen molar-refractivity contribution in [3.63, 3.8) is 0 Å². The third-order valence-electron chi connectivity index (χ3n) is 5.46. The Balaban J connectivity index is 1.75. The van der Waals surface area contributed by atoms with Crippen LogP contribution >= 0.6 is 11.6 Å². The molecule has 0 saturated carbocycles. The highest BCUT2D eigenvalue weighted by Gasteiger charge is 2.33. The summed E-state index contributed by atoms with van der Waals surface area (Å²) in [6.07, 6.45) is -4.63. The van der Waals surface area contributed by atoms with Crippen LogP contribution in [0, 0.1) is 0 Å². The molecule has 3 aromatic rings. The zero-order valence-corrected chi connectivity index (χ0v) is 20.9. The van der Waals surface area contributed by atoms with Crippen LogP contribution in [0.1, 0.15) is 5.56 Å². The number of ether oxygens (including phenoxy) is 1. The molecule has 0 atom stereocenters. The van der Waals surface area contributed by atoms with Gasteiger partial charge in [-0.2, -0.15) is 17.5 Å². The Hall–Kier alpha value is -2.64. The minimum atomic E-state index is -4.63. The van der Waals surface area contributed by atoms with E-state index >= 15 is 0 Å².